The highest BCUT2D eigenvalue weighted by atomic mass is 32.1. The lowest BCUT2D eigenvalue weighted by Crippen LogP contribution is -2.00. The lowest BCUT2D eigenvalue weighted by Gasteiger charge is -2.02. The highest BCUT2D eigenvalue weighted by Gasteiger charge is 2.08. The largest absolute Gasteiger partial charge is 0.455 e. The molecule has 3 rings (SSSR count). The summed E-state index contributed by atoms with van der Waals surface area (Å²) in [7, 11) is 0. The van der Waals surface area contributed by atoms with Crippen LogP contribution < -0.4 is 5.43 Å². The van der Waals surface area contributed by atoms with Crippen LogP contribution in [0.2, 0.25) is 0 Å². The smallest absolute Gasteiger partial charge is 0.193 e. The SMILES string of the molecule is N#CCc1ccc2oc(-c3cccs3)cc(=O)c2c1. The van der Waals surface area contributed by atoms with Crippen molar-refractivity contribution in [1.82, 2.24) is 0 Å². The molecule has 3 aromatic rings. The predicted molar refractivity (Wildman–Crippen MR) is 75.1 cm³/mol. The molecule has 0 aliphatic rings. The zero-order valence-electron chi connectivity index (χ0n) is 9.92. The maximum Gasteiger partial charge on any atom is 0.193 e. The molecule has 3 nitrogen and oxygen atoms in total. The summed E-state index contributed by atoms with van der Waals surface area (Å²) in [5.41, 5.74) is 1.30. The Kier molecular flexibility index (Phi) is 2.90. The Balaban J connectivity index is 2.21. The van der Waals surface area contributed by atoms with Crippen molar-refractivity contribution in [3.63, 3.8) is 0 Å². The van der Waals surface area contributed by atoms with E-state index in [4.69, 9.17) is 9.68 Å². The molecule has 2 aromatic heterocycles. The summed E-state index contributed by atoms with van der Waals surface area (Å²) in [5.74, 6) is 0.584. The molecule has 0 bridgehead atoms. The van der Waals surface area contributed by atoms with Crippen LogP contribution in [0.5, 0.6) is 0 Å². The van der Waals surface area contributed by atoms with Crippen molar-refractivity contribution in [3.05, 3.63) is 57.6 Å². The second-order valence-corrected chi connectivity index (χ2v) is 5.07. The van der Waals surface area contributed by atoms with E-state index >= 15 is 0 Å². The normalized spacial score (nSPS) is 10.5. The van der Waals surface area contributed by atoms with Gasteiger partial charge in [-0.2, -0.15) is 5.26 Å². The van der Waals surface area contributed by atoms with E-state index in [-0.39, 0.29) is 5.43 Å². The molecule has 0 amide bonds. The molecule has 4 heteroatoms. The Morgan fingerprint density at radius 1 is 1.26 bits per heavy atom. The Hall–Kier alpha value is -2.38. The fourth-order valence-electron chi connectivity index (χ4n) is 1.94. The van der Waals surface area contributed by atoms with Gasteiger partial charge < -0.3 is 4.42 Å². The van der Waals surface area contributed by atoms with Gasteiger partial charge in [-0.15, -0.1) is 11.3 Å². The fraction of sp³-hybridized carbons (Fsp3) is 0.0667. The van der Waals surface area contributed by atoms with Crippen LogP contribution in [-0.2, 0) is 6.42 Å². The summed E-state index contributed by atoms with van der Waals surface area (Å²) in [6, 6.07) is 12.7. The number of rotatable bonds is 2. The molecular formula is C15H9NO2S. The summed E-state index contributed by atoms with van der Waals surface area (Å²) < 4.78 is 5.75. The molecular weight excluding hydrogens is 258 g/mol. The molecule has 19 heavy (non-hydrogen) atoms. The zero-order valence-corrected chi connectivity index (χ0v) is 10.7. The van der Waals surface area contributed by atoms with Gasteiger partial charge in [0.1, 0.15) is 11.3 Å². The standard InChI is InChI=1S/C15H9NO2S/c16-6-5-10-3-4-13-11(8-10)12(17)9-14(18-13)15-2-1-7-19-15/h1-4,7-9H,5H2. The molecule has 1 aromatic carbocycles. The summed E-state index contributed by atoms with van der Waals surface area (Å²) in [6.45, 7) is 0. The van der Waals surface area contributed by atoms with E-state index in [0.29, 0.717) is 23.2 Å². The minimum absolute atomic E-state index is 0.0792. The van der Waals surface area contributed by atoms with Crippen LogP contribution in [0.15, 0.2) is 51.0 Å². The van der Waals surface area contributed by atoms with Crippen molar-refractivity contribution in [2.75, 3.05) is 0 Å². The number of benzene rings is 1. The average Bonchev–Trinajstić information content (AvgIpc) is 2.93. The average molecular weight is 267 g/mol. The predicted octanol–water partition coefficient (Wildman–Crippen LogP) is 3.59. The van der Waals surface area contributed by atoms with Crippen molar-refractivity contribution in [2.45, 2.75) is 6.42 Å². The van der Waals surface area contributed by atoms with E-state index in [0.717, 1.165) is 10.4 Å². The van der Waals surface area contributed by atoms with Crippen LogP contribution in [0.3, 0.4) is 0 Å². The van der Waals surface area contributed by atoms with Gasteiger partial charge in [0, 0.05) is 6.07 Å². The van der Waals surface area contributed by atoms with E-state index in [2.05, 4.69) is 6.07 Å². The second-order valence-electron chi connectivity index (χ2n) is 4.12. The third-order valence-electron chi connectivity index (χ3n) is 2.84. The van der Waals surface area contributed by atoms with Crippen molar-refractivity contribution in [3.8, 4) is 16.7 Å². The van der Waals surface area contributed by atoms with Gasteiger partial charge in [-0.3, -0.25) is 4.79 Å². The maximum atomic E-state index is 12.1. The van der Waals surface area contributed by atoms with Crippen LogP contribution in [0.25, 0.3) is 21.6 Å². The molecule has 0 atom stereocenters. The highest BCUT2D eigenvalue weighted by Crippen LogP contribution is 2.26. The zero-order chi connectivity index (χ0) is 13.2. The van der Waals surface area contributed by atoms with Gasteiger partial charge in [-0.05, 0) is 29.1 Å². The first-order valence-corrected chi connectivity index (χ1v) is 6.63. The number of hydrogen-bond acceptors (Lipinski definition) is 4. The molecule has 0 aliphatic carbocycles. The molecule has 2 heterocycles. The van der Waals surface area contributed by atoms with Crippen LogP contribution >= 0.6 is 11.3 Å². The van der Waals surface area contributed by atoms with Crippen molar-refractivity contribution < 1.29 is 4.42 Å². The Morgan fingerprint density at radius 3 is 2.89 bits per heavy atom. The van der Waals surface area contributed by atoms with E-state index in [1.165, 1.54) is 17.4 Å². The second kappa shape index (κ2) is 4.71. The molecule has 92 valence electrons. The summed E-state index contributed by atoms with van der Waals surface area (Å²) in [6.07, 6.45) is 0.294. The lowest BCUT2D eigenvalue weighted by molar-refractivity contribution is 0.620. The molecule has 0 saturated carbocycles. The summed E-state index contributed by atoms with van der Waals surface area (Å²) in [5, 5.41) is 11.1. The van der Waals surface area contributed by atoms with Gasteiger partial charge in [-0.25, -0.2) is 0 Å². The first-order valence-electron chi connectivity index (χ1n) is 5.75. The van der Waals surface area contributed by atoms with Crippen LogP contribution in [0.4, 0.5) is 0 Å². The van der Waals surface area contributed by atoms with Gasteiger partial charge in [0.25, 0.3) is 0 Å². The molecule has 0 aliphatic heterocycles. The van der Waals surface area contributed by atoms with Crippen molar-refractivity contribution in [2.24, 2.45) is 0 Å². The van der Waals surface area contributed by atoms with Gasteiger partial charge in [0.2, 0.25) is 0 Å². The van der Waals surface area contributed by atoms with Gasteiger partial charge in [0.15, 0.2) is 5.43 Å². The molecule has 0 spiro atoms. The quantitative estimate of drug-likeness (QED) is 0.713. The Morgan fingerprint density at radius 2 is 2.16 bits per heavy atom. The monoisotopic (exact) mass is 267 g/mol. The molecule has 0 N–H and O–H groups in total. The Labute approximate surface area is 113 Å². The number of nitriles is 1. The lowest BCUT2D eigenvalue weighted by atomic mass is 10.1. The molecule has 0 fully saturated rings. The van der Waals surface area contributed by atoms with Crippen molar-refractivity contribution in [1.29, 1.82) is 5.26 Å². The topological polar surface area (TPSA) is 54.0 Å². The van der Waals surface area contributed by atoms with E-state index in [9.17, 15) is 4.79 Å². The highest BCUT2D eigenvalue weighted by molar-refractivity contribution is 7.13. The minimum Gasteiger partial charge on any atom is -0.455 e. The maximum absolute atomic E-state index is 12.1. The summed E-state index contributed by atoms with van der Waals surface area (Å²) in [4.78, 5) is 13.0. The van der Waals surface area contributed by atoms with Gasteiger partial charge in [-0.1, -0.05) is 12.1 Å². The fourth-order valence-corrected chi connectivity index (χ4v) is 2.62. The number of nitrogens with zero attached hydrogens (tertiary/aromatic N) is 1. The van der Waals surface area contributed by atoms with E-state index in [1.54, 1.807) is 12.1 Å². The molecule has 0 unspecified atom stereocenters. The van der Waals surface area contributed by atoms with Gasteiger partial charge in [0.05, 0.1) is 22.8 Å². The van der Waals surface area contributed by atoms with E-state index < -0.39 is 0 Å². The number of thiophene rings is 1. The number of hydrogen-bond donors (Lipinski definition) is 0. The Bertz CT molecular complexity index is 825. The molecule has 0 radical (unpaired) electrons. The third kappa shape index (κ3) is 2.16. The first-order chi connectivity index (χ1) is 9.28. The number of fused-ring (bicyclic) bond motifs is 1. The summed E-state index contributed by atoms with van der Waals surface area (Å²) >= 11 is 1.53. The molecule has 0 saturated heterocycles. The minimum atomic E-state index is -0.0792. The van der Waals surface area contributed by atoms with Crippen LogP contribution in [0.1, 0.15) is 5.56 Å². The first kappa shape index (κ1) is 11.7. The van der Waals surface area contributed by atoms with Crippen LogP contribution in [-0.4, -0.2) is 0 Å². The van der Waals surface area contributed by atoms with E-state index in [1.807, 2.05) is 23.6 Å². The van der Waals surface area contributed by atoms with Gasteiger partial charge >= 0.3 is 0 Å². The third-order valence-corrected chi connectivity index (χ3v) is 3.72. The van der Waals surface area contributed by atoms with Crippen LogP contribution in [0, 0.1) is 11.3 Å². The van der Waals surface area contributed by atoms with Crippen molar-refractivity contribution >= 4 is 22.3 Å².